The van der Waals surface area contributed by atoms with Crippen LogP contribution in [0.4, 0.5) is 5.69 Å². The molecule has 2 aromatic rings. The molecule has 0 aliphatic carbocycles. The van der Waals surface area contributed by atoms with E-state index in [-0.39, 0.29) is 30.3 Å². The molecular weight excluding hydrogens is 360 g/mol. The molecule has 0 saturated carbocycles. The molecule has 1 saturated heterocycles. The summed E-state index contributed by atoms with van der Waals surface area (Å²) in [4.78, 5) is 19.8. The van der Waals surface area contributed by atoms with Crippen molar-refractivity contribution in [2.24, 2.45) is 0 Å². The zero-order chi connectivity index (χ0) is 17.1. The number of aromatic nitrogens is 2. The minimum atomic E-state index is -0.0381. The van der Waals surface area contributed by atoms with Crippen LogP contribution in [0.2, 0.25) is 0 Å². The normalized spacial score (nSPS) is 18.3. The second-order valence-corrected chi connectivity index (χ2v) is 6.93. The average Bonchev–Trinajstić information content (AvgIpc) is 3.21. The summed E-state index contributed by atoms with van der Waals surface area (Å²) in [5.41, 5.74) is 0.920. The minimum absolute atomic E-state index is 0. The number of carbonyl (C=O) groups excluding carboxylic acids is 1. The van der Waals surface area contributed by atoms with E-state index in [1.165, 1.54) is 4.90 Å². The maximum atomic E-state index is 12.4. The molecule has 0 spiro atoms. The SMILES string of the molecule is CNC(C)Cc1noc(C2CC(=O)N(c3ccc(SC)cc3)C2)n1.Cl. The molecule has 8 heteroatoms. The number of halogens is 1. The number of anilines is 1. The summed E-state index contributed by atoms with van der Waals surface area (Å²) in [5, 5.41) is 7.19. The minimum Gasteiger partial charge on any atom is -0.339 e. The third-order valence-electron chi connectivity index (χ3n) is 4.32. The number of nitrogens with one attached hydrogen (secondary N) is 1. The molecule has 1 amide bonds. The molecule has 2 heterocycles. The predicted molar refractivity (Wildman–Crippen MR) is 102 cm³/mol. The van der Waals surface area contributed by atoms with Gasteiger partial charge in [-0.15, -0.1) is 24.2 Å². The van der Waals surface area contributed by atoms with E-state index in [2.05, 4.69) is 22.4 Å². The third-order valence-corrected chi connectivity index (χ3v) is 5.07. The Morgan fingerprint density at radius 1 is 1.40 bits per heavy atom. The number of likely N-dealkylation sites (N-methyl/N-ethyl adjacent to an activating group) is 1. The fourth-order valence-electron chi connectivity index (χ4n) is 2.78. The number of hydrogen-bond acceptors (Lipinski definition) is 6. The summed E-state index contributed by atoms with van der Waals surface area (Å²) in [7, 11) is 1.90. The zero-order valence-electron chi connectivity index (χ0n) is 14.6. The first-order valence-corrected chi connectivity index (χ1v) is 9.27. The standard InChI is InChI=1S/C17H22N4O2S.ClH/c1-11(18-2)8-15-19-17(23-20-15)12-9-16(22)21(10-12)13-4-6-14(24-3)7-5-13;/h4-7,11-12,18H,8-10H2,1-3H3;1H. The molecular formula is C17H23ClN4O2S. The Kier molecular flexibility index (Phi) is 6.87. The highest BCUT2D eigenvalue weighted by molar-refractivity contribution is 7.98. The summed E-state index contributed by atoms with van der Waals surface area (Å²) in [6.45, 7) is 2.65. The van der Waals surface area contributed by atoms with Gasteiger partial charge >= 0.3 is 0 Å². The van der Waals surface area contributed by atoms with Gasteiger partial charge in [-0.05, 0) is 44.5 Å². The van der Waals surface area contributed by atoms with Crippen LogP contribution in [0.1, 0.15) is 31.0 Å². The van der Waals surface area contributed by atoms with E-state index in [1.807, 2.05) is 37.6 Å². The lowest BCUT2D eigenvalue weighted by Crippen LogP contribution is -2.24. The van der Waals surface area contributed by atoms with Crippen molar-refractivity contribution in [3.05, 3.63) is 36.0 Å². The second-order valence-electron chi connectivity index (χ2n) is 6.05. The van der Waals surface area contributed by atoms with Crippen molar-refractivity contribution >= 4 is 35.8 Å². The van der Waals surface area contributed by atoms with Crippen LogP contribution in [0, 0.1) is 0 Å². The van der Waals surface area contributed by atoms with Gasteiger partial charge in [0.2, 0.25) is 11.8 Å². The van der Waals surface area contributed by atoms with E-state index >= 15 is 0 Å². The number of hydrogen-bond donors (Lipinski definition) is 1. The van der Waals surface area contributed by atoms with E-state index in [4.69, 9.17) is 4.52 Å². The lowest BCUT2D eigenvalue weighted by atomic mass is 10.1. The maximum absolute atomic E-state index is 12.4. The van der Waals surface area contributed by atoms with Crippen molar-refractivity contribution in [2.75, 3.05) is 24.7 Å². The number of carbonyl (C=O) groups is 1. The Morgan fingerprint density at radius 3 is 2.76 bits per heavy atom. The van der Waals surface area contributed by atoms with E-state index in [0.717, 1.165) is 5.69 Å². The largest absolute Gasteiger partial charge is 0.339 e. The fourth-order valence-corrected chi connectivity index (χ4v) is 3.19. The molecule has 1 fully saturated rings. The number of rotatable bonds is 6. The number of nitrogens with zero attached hydrogens (tertiary/aromatic N) is 3. The molecule has 136 valence electrons. The summed E-state index contributed by atoms with van der Waals surface area (Å²) < 4.78 is 5.39. The Bertz CT molecular complexity index is 707. The highest BCUT2D eigenvalue weighted by Gasteiger charge is 2.35. The van der Waals surface area contributed by atoms with Crippen molar-refractivity contribution in [3.63, 3.8) is 0 Å². The predicted octanol–water partition coefficient (Wildman–Crippen LogP) is 2.88. The molecule has 6 nitrogen and oxygen atoms in total. The van der Waals surface area contributed by atoms with E-state index in [1.54, 1.807) is 16.7 Å². The molecule has 1 aromatic carbocycles. The summed E-state index contributed by atoms with van der Waals surface area (Å²) in [6.07, 6.45) is 3.15. The highest BCUT2D eigenvalue weighted by Crippen LogP contribution is 2.31. The quantitative estimate of drug-likeness (QED) is 0.774. The van der Waals surface area contributed by atoms with Crippen LogP contribution in [0.3, 0.4) is 0 Å². The van der Waals surface area contributed by atoms with Crippen molar-refractivity contribution in [1.29, 1.82) is 0 Å². The van der Waals surface area contributed by atoms with Crippen molar-refractivity contribution in [3.8, 4) is 0 Å². The Hall–Kier alpha value is -1.57. The van der Waals surface area contributed by atoms with Crippen molar-refractivity contribution in [1.82, 2.24) is 15.5 Å². The molecule has 0 bridgehead atoms. The molecule has 1 aliphatic rings. The molecule has 1 aliphatic heterocycles. The fraction of sp³-hybridized carbons (Fsp3) is 0.471. The van der Waals surface area contributed by atoms with Crippen LogP contribution in [-0.4, -0.2) is 41.9 Å². The van der Waals surface area contributed by atoms with Gasteiger partial charge in [0, 0.05) is 36.0 Å². The van der Waals surface area contributed by atoms with Crippen molar-refractivity contribution < 1.29 is 9.32 Å². The molecule has 0 radical (unpaired) electrons. The summed E-state index contributed by atoms with van der Waals surface area (Å²) in [6, 6.07) is 8.32. The summed E-state index contributed by atoms with van der Waals surface area (Å²) >= 11 is 1.69. The Balaban J connectivity index is 0.00000225. The van der Waals surface area contributed by atoms with Crippen molar-refractivity contribution in [2.45, 2.75) is 36.6 Å². The van der Waals surface area contributed by atoms with E-state index in [0.29, 0.717) is 31.1 Å². The van der Waals surface area contributed by atoms with Gasteiger partial charge in [-0.3, -0.25) is 4.79 Å². The van der Waals surface area contributed by atoms with Crippen LogP contribution >= 0.6 is 24.2 Å². The van der Waals surface area contributed by atoms with Crippen LogP contribution in [-0.2, 0) is 11.2 Å². The lowest BCUT2D eigenvalue weighted by Gasteiger charge is -2.16. The van der Waals surface area contributed by atoms with Gasteiger partial charge in [0.1, 0.15) is 0 Å². The first kappa shape index (κ1) is 19.8. The van der Waals surface area contributed by atoms with Gasteiger partial charge in [-0.25, -0.2) is 0 Å². The number of amides is 1. The van der Waals surface area contributed by atoms with Crippen LogP contribution in [0.15, 0.2) is 33.7 Å². The monoisotopic (exact) mass is 382 g/mol. The lowest BCUT2D eigenvalue weighted by molar-refractivity contribution is -0.117. The molecule has 3 rings (SSSR count). The Morgan fingerprint density at radius 2 is 2.12 bits per heavy atom. The zero-order valence-corrected chi connectivity index (χ0v) is 16.2. The molecule has 25 heavy (non-hydrogen) atoms. The first-order valence-electron chi connectivity index (χ1n) is 8.05. The average molecular weight is 383 g/mol. The van der Waals surface area contributed by atoms with Gasteiger partial charge in [0.25, 0.3) is 0 Å². The van der Waals surface area contributed by atoms with Gasteiger partial charge in [-0.2, -0.15) is 4.98 Å². The maximum Gasteiger partial charge on any atom is 0.232 e. The van der Waals surface area contributed by atoms with Crippen LogP contribution in [0.5, 0.6) is 0 Å². The number of benzene rings is 1. The smallest absolute Gasteiger partial charge is 0.232 e. The van der Waals surface area contributed by atoms with E-state index in [9.17, 15) is 4.79 Å². The van der Waals surface area contributed by atoms with Gasteiger partial charge in [0.05, 0.1) is 5.92 Å². The summed E-state index contributed by atoms with van der Waals surface area (Å²) in [5.74, 6) is 1.30. The van der Waals surface area contributed by atoms with E-state index < -0.39 is 0 Å². The molecule has 2 atom stereocenters. The molecule has 1 N–H and O–H groups in total. The molecule has 1 aromatic heterocycles. The van der Waals surface area contributed by atoms with Gasteiger partial charge < -0.3 is 14.7 Å². The third kappa shape index (κ3) is 4.54. The van der Waals surface area contributed by atoms with Gasteiger partial charge in [0.15, 0.2) is 5.82 Å². The number of thioether (sulfide) groups is 1. The van der Waals surface area contributed by atoms with Gasteiger partial charge in [-0.1, -0.05) is 5.16 Å². The Labute approximate surface area is 158 Å². The second kappa shape index (κ2) is 8.69. The topological polar surface area (TPSA) is 71.3 Å². The first-order chi connectivity index (χ1) is 11.6. The molecule has 2 unspecified atom stereocenters. The van der Waals surface area contributed by atoms with Crippen LogP contribution in [0.25, 0.3) is 0 Å². The van der Waals surface area contributed by atoms with Crippen LogP contribution < -0.4 is 10.2 Å². The highest BCUT2D eigenvalue weighted by atomic mass is 35.5.